The van der Waals surface area contributed by atoms with Gasteiger partial charge in [-0.2, -0.15) is 0 Å². The number of aromatic amines is 1. The molecule has 1 amide bonds. The summed E-state index contributed by atoms with van der Waals surface area (Å²) >= 11 is 0. The van der Waals surface area contributed by atoms with Gasteiger partial charge in [0.15, 0.2) is 0 Å². The number of nitrogens with one attached hydrogen (secondary N) is 2. The van der Waals surface area contributed by atoms with Crippen LogP contribution < -0.4 is 5.32 Å². The molecule has 0 aromatic carbocycles. The summed E-state index contributed by atoms with van der Waals surface area (Å²) in [6, 6.07) is 0.0386. The summed E-state index contributed by atoms with van der Waals surface area (Å²) in [6.45, 7) is 6.05. The minimum Gasteiger partial charge on any atom is -0.383 e. The average molecular weight is 280 g/mol. The Morgan fingerprint density at radius 1 is 1.65 bits per heavy atom. The molecule has 0 aliphatic carbocycles. The van der Waals surface area contributed by atoms with Crippen LogP contribution in [0.5, 0.6) is 0 Å². The second-order valence-corrected chi connectivity index (χ2v) is 5.25. The van der Waals surface area contributed by atoms with Crippen molar-refractivity contribution in [3.8, 4) is 0 Å². The van der Waals surface area contributed by atoms with Crippen molar-refractivity contribution >= 4 is 5.91 Å². The van der Waals surface area contributed by atoms with E-state index in [0.717, 1.165) is 17.8 Å². The van der Waals surface area contributed by atoms with Gasteiger partial charge in [-0.1, -0.05) is 6.92 Å². The number of nitrogens with zero attached hydrogens (tertiary/aromatic N) is 2. The smallest absolute Gasteiger partial charge is 0.240 e. The third kappa shape index (κ3) is 3.19. The van der Waals surface area contributed by atoms with Crippen molar-refractivity contribution in [1.82, 2.24) is 20.2 Å². The van der Waals surface area contributed by atoms with E-state index in [1.54, 1.807) is 13.4 Å². The van der Waals surface area contributed by atoms with Gasteiger partial charge in [0, 0.05) is 32.7 Å². The summed E-state index contributed by atoms with van der Waals surface area (Å²) in [5.41, 5.74) is 2.08. The fraction of sp³-hybridized carbons (Fsp3) is 0.714. The first-order valence-electron chi connectivity index (χ1n) is 7.21. The molecule has 0 fully saturated rings. The SMILES string of the molecule is CCC(C)N(CCOC)C(=O)C1Cc2nc[nH]c2CN1. The van der Waals surface area contributed by atoms with Crippen LogP contribution >= 0.6 is 0 Å². The lowest BCUT2D eigenvalue weighted by atomic mass is 10.0. The maximum absolute atomic E-state index is 12.7. The molecule has 1 aliphatic heterocycles. The van der Waals surface area contributed by atoms with Crippen molar-refractivity contribution in [2.24, 2.45) is 0 Å². The minimum absolute atomic E-state index is 0.144. The van der Waals surface area contributed by atoms with Gasteiger partial charge < -0.3 is 14.6 Å². The highest BCUT2D eigenvalue weighted by atomic mass is 16.5. The molecule has 1 aromatic rings. The highest BCUT2D eigenvalue weighted by molar-refractivity contribution is 5.82. The van der Waals surface area contributed by atoms with Crippen LogP contribution in [0.2, 0.25) is 0 Å². The summed E-state index contributed by atoms with van der Waals surface area (Å²) < 4.78 is 5.12. The van der Waals surface area contributed by atoms with Crippen LogP contribution in [0.1, 0.15) is 31.7 Å². The quantitative estimate of drug-likeness (QED) is 0.804. The third-order valence-electron chi connectivity index (χ3n) is 3.97. The topological polar surface area (TPSA) is 70.2 Å². The van der Waals surface area contributed by atoms with Gasteiger partial charge in [0.25, 0.3) is 0 Å². The number of hydrogen-bond donors (Lipinski definition) is 2. The first-order chi connectivity index (χ1) is 9.67. The summed E-state index contributed by atoms with van der Waals surface area (Å²) in [4.78, 5) is 22.0. The molecular formula is C14H24N4O2. The predicted octanol–water partition coefficient (Wildman–Crippen LogP) is 0.698. The number of carbonyl (C=O) groups excluding carboxylic acids is 1. The lowest BCUT2D eigenvalue weighted by Gasteiger charge is -2.33. The van der Waals surface area contributed by atoms with Crippen molar-refractivity contribution in [3.05, 3.63) is 17.7 Å². The lowest BCUT2D eigenvalue weighted by molar-refractivity contribution is -0.136. The van der Waals surface area contributed by atoms with E-state index in [1.807, 2.05) is 4.90 Å². The molecule has 1 aliphatic rings. The van der Waals surface area contributed by atoms with Crippen LogP contribution in [0.4, 0.5) is 0 Å². The molecule has 1 aromatic heterocycles. The average Bonchev–Trinajstić information content (AvgIpc) is 2.94. The summed E-state index contributed by atoms with van der Waals surface area (Å²) in [5.74, 6) is 0.144. The van der Waals surface area contributed by atoms with E-state index in [0.29, 0.717) is 26.1 Å². The predicted molar refractivity (Wildman–Crippen MR) is 76.3 cm³/mol. The van der Waals surface area contributed by atoms with Crippen LogP contribution in [0, 0.1) is 0 Å². The third-order valence-corrected chi connectivity index (χ3v) is 3.97. The molecule has 6 nitrogen and oxygen atoms in total. The van der Waals surface area contributed by atoms with Gasteiger partial charge >= 0.3 is 0 Å². The van der Waals surface area contributed by atoms with Crippen molar-refractivity contribution < 1.29 is 9.53 Å². The first-order valence-corrected chi connectivity index (χ1v) is 7.21. The number of H-pyrrole nitrogens is 1. The molecular weight excluding hydrogens is 256 g/mol. The highest BCUT2D eigenvalue weighted by Gasteiger charge is 2.30. The Bertz CT molecular complexity index is 446. The van der Waals surface area contributed by atoms with Crippen LogP contribution in [0.15, 0.2) is 6.33 Å². The van der Waals surface area contributed by atoms with Gasteiger partial charge in [-0.05, 0) is 13.3 Å². The Morgan fingerprint density at radius 2 is 2.45 bits per heavy atom. The van der Waals surface area contributed by atoms with Crippen molar-refractivity contribution in [2.75, 3.05) is 20.3 Å². The number of carbonyl (C=O) groups is 1. The molecule has 0 radical (unpaired) electrons. The Morgan fingerprint density at radius 3 is 3.15 bits per heavy atom. The standard InChI is InChI=1S/C14H24N4O2/c1-4-10(2)18(5-6-20-3)14(19)12-7-11-13(8-15-12)17-9-16-11/h9-10,12,15H,4-8H2,1-3H3,(H,16,17). The Hall–Kier alpha value is -1.40. The summed E-state index contributed by atoms with van der Waals surface area (Å²) in [6.07, 6.45) is 3.28. The molecule has 2 N–H and O–H groups in total. The van der Waals surface area contributed by atoms with Crippen LogP contribution in [0.25, 0.3) is 0 Å². The Kier molecular flexibility index (Phi) is 5.14. The molecule has 2 heterocycles. The number of rotatable bonds is 6. The number of fused-ring (bicyclic) bond motifs is 1. The Balaban J connectivity index is 2.04. The fourth-order valence-corrected chi connectivity index (χ4v) is 2.50. The normalized spacial score (nSPS) is 19.4. The second-order valence-electron chi connectivity index (χ2n) is 5.25. The number of amides is 1. The van der Waals surface area contributed by atoms with Gasteiger partial charge in [-0.3, -0.25) is 10.1 Å². The molecule has 0 bridgehead atoms. The van der Waals surface area contributed by atoms with E-state index in [2.05, 4.69) is 29.1 Å². The van der Waals surface area contributed by atoms with E-state index in [1.165, 1.54) is 0 Å². The number of hydrogen-bond acceptors (Lipinski definition) is 4. The van der Waals surface area contributed by atoms with Gasteiger partial charge in [0.1, 0.15) is 0 Å². The van der Waals surface area contributed by atoms with Crippen molar-refractivity contribution in [3.63, 3.8) is 0 Å². The summed E-state index contributed by atoms with van der Waals surface area (Å²) in [7, 11) is 1.66. The van der Waals surface area contributed by atoms with E-state index in [-0.39, 0.29) is 18.0 Å². The van der Waals surface area contributed by atoms with E-state index in [9.17, 15) is 4.79 Å². The first kappa shape index (κ1) is 15.0. The van der Waals surface area contributed by atoms with E-state index in [4.69, 9.17) is 4.74 Å². The second kappa shape index (κ2) is 6.85. The molecule has 2 atom stereocenters. The molecule has 0 saturated heterocycles. The number of methoxy groups -OCH3 is 1. The largest absolute Gasteiger partial charge is 0.383 e. The molecule has 0 spiro atoms. The fourth-order valence-electron chi connectivity index (χ4n) is 2.50. The molecule has 2 rings (SSSR count). The van der Waals surface area contributed by atoms with Gasteiger partial charge in [-0.25, -0.2) is 4.98 Å². The molecule has 112 valence electrons. The van der Waals surface area contributed by atoms with E-state index >= 15 is 0 Å². The van der Waals surface area contributed by atoms with Gasteiger partial charge in [0.2, 0.25) is 5.91 Å². The van der Waals surface area contributed by atoms with Crippen LogP contribution in [-0.4, -0.2) is 53.1 Å². The molecule has 2 unspecified atom stereocenters. The van der Waals surface area contributed by atoms with E-state index < -0.39 is 0 Å². The monoisotopic (exact) mass is 280 g/mol. The highest BCUT2D eigenvalue weighted by Crippen LogP contribution is 2.15. The number of ether oxygens (including phenoxy) is 1. The van der Waals surface area contributed by atoms with Gasteiger partial charge in [-0.15, -0.1) is 0 Å². The lowest BCUT2D eigenvalue weighted by Crippen LogP contribution is -2.52. The van der Waals surface area contributed by atoms with Crippen LogP contribution in [0.3, 0.4) is 0 Å². The minimum atomic E-state index is -0.184. The molecule has 20 heavy (non-hydrogen) atoms. The Labute approximate surface area is 119 Å². The maximum atomic E-state index is 12.7. The molecule has 0 saturated carbocycles. The maximum Gasteiger partial charge on any atom is 0.240 e. The number of imidazole rings is 1. The zero-order chi connectivity index (χ0) is 14.5. The number of aromatic nitrogens is 2. The van der Waals surface area contributed by atoms with Crippen LogP contribution in [-0.2, 0) is 22.5 Å². The summed E-state index contributed by atoms with van der Waals surface area (Å²) in [5, 5.41) is 3.29. The zero-order valence-electron chi connectivity index (χ0n) is 12.5. The van der Waals surface area contributed by atoms with Gasteiger partial charge in [0.05, 0.1) is 30.4 Å². The van der Waals surface area contributed by atoms with Crippen molar-refractivity contribution in [1.29, 1.82) is 0 Å². The molecule has 6 heteroatoms. The van der Waals surface area contributed by atoms with Crippen molar-refractivity contribution in [2.45, 2.75) is 45.3 Å². The zero-order valence-corrected chi connectivity index (χ0v) is 12.5.